The summed E-state index contributed by atoms with van der Waals surface area (Å²) in [5.74, 6) is -2.78. The molecule has 36 heavy (non-hydrogen) atoms. The first-order chi connectivity index (χ1) is 17.2. The first kappa shape index (κ1) is 31.7. The molecule has 1 atom stereocenters. The summed E-state index contributed by atoms with van der Waals surface area (Å²) in [4.78, 5) is 41.9. The minimum atomic E-state index is -1.45. The standard InChI is InChI=1S/C26H42N2O8/c1-3-5-10-26(36,4-2)23(33)21-8-6-20(7-9-21)19-22(24(34)27(11-15-29)12-16-30)25(35)28(13-17-31)14-18-32/h6-9,22,29-32,36H,3-5,10-19H2,1-2H3. The van der Waals surface area contributed by atoms with Crippen molar-refractivity contribution in [3.8, 4) is 0 Å². The molecule has 0 saturated carbocycles. The number of aliphatic hydroxyl groups is 5. The molecule has 0 fully saturated rings. The summed E-state index contributed by atoms with van der Waals surface area (Å²) in [6, 6.07) is 6.38. The van der Waals surface area contributed by atoms with E-state index in [2.05, 4.69) is 0 Å². The Morgan fingerprint density at radius 3 is 1.61 bits per heavy atom. The zero-order chi connectivity index (χ0) is 27.1. The van der Waals surface area contributed by atoms with E-state index in [1.54, 1.807) is 31.2 Å². The maximum atomic E-state index is 13.3. The van der Waals surface area contributed by atoms with Crippen molar-refractivity contribution in [1.29, 1.82) is 0 Å². The number of aliphatic hydroxyl groups excluding tert-OH is 4. The van der Waals surface area contributed by atoms with E-state index >= 15 is 0 Å². The lowest BCUT2D eigenvalue weighted by Gasteiger charge is -2.30. The van der Waals surface area contributed by atoms with E-state index in [1.807, 2.05) is 6.92 Å². The Bertz CT molecular complexity index is 777. The monoisotopic (exact) mass is 510 g/mol. The predicted molar refractivity (Wildman–Crippen MR) is 134 cm³/mol. The van der Waals surface area contributed by atoms with Gasteiger partial charge in [-0.3, -0.25) is 14.4 Å². The Hall–Kier alpha value is -2.37. The number of carbonyl (C=O) groups is 3. The van der Waals surface area contributed by atoms with Crippen molar-refractivity contribution in [2.75, 3.05) is 52.6 Å². The van der Waals surface area contributed by atoms with Gasteiger partial charge in [-0.2, -0.15) is 0 Å². The van der Waals surface area contributed by atoms with Crippen LogP contribution in [-0.4, -0.2) is 111 Å². The molecule has 0 spiro atoms. The van der Waals surface area contributed by atoms with Gasteiger partial charge in [0, 0.05) is 31.7 Å². The van der Waals surface area contributed by atoms with Gasteiger partial charge in [-0.15, -0.1) is 0 Å². The molecule has 204 valence electrons. The molecule has 10 heteroatoms. The van der Waals surface area contributed by atoms with Crippen LogP contribution in [0.5, 0.6) is 0 Å². The van der Waals surface area contributed by atoms with Gasteiger partial charge in [0.15, 0.2) is 5.78 Å². The van der Waals surface area contributed by atoms with Gasteiger partial charge in [0.2, 0.25) is 11.8 Å². The quantitative estimate of drug-likeness (QED) is 0.136. The molecule has 0 bridgehead atoms. The fourth-order valence-electron chi connectivity index (χ4n) is 4.08. The van der Waals surface area contributed by atoms with Crippen LogP contribution in [0.3, 0.4) is 0 Å². The van der Waals surface area contributed by atoms with Crippen LogP contribution in [0.25, 0.3) is 0 Å². The van der Waals surface area contributed by atoms with Crippen molar-refractivity contribution in [3.05, 3.63) is 35.4 Å². The van der Waals surface area contributed by atoms with Crippen LogP contribution in [0.15, 0.2) is 24.3 Å². The third kappa shape index (κ3) is 8.94. The highest BCUT2D eigenvalue weighted by Gasteiger charge is 2.35. The smallest absolute Gasteiger partial charge is 0.235 e. The van der Waals surface area contributed by atoms with Crippen LogP contribution in [0.2, 0.25) is 0 Å². The molecular formula is C26H42N2O8. The Kier molecular flexibility index (Phi) is 14.4. The van der Waals surface area contributed by atoms with E-state index in [-0.39, 0.29) is 71.2 Å². The van der Waals surface area contributed by atoms with Crippen LogP contribution in [0, 0.1) is 5.92 Å². The molecule has 0 radical (unpaired) electrons. The van der Waals surface area contributed by atoms with Crippen molar-refractivity contribution < 1.29 is 39.9 Å². The summed E-state index contributed by atoms with van der Waals surface area (Å²) < 4.78 is 0. The SMILES string of the molecule is CCCCC(O)(CC)C(=O)c1ccc(CC(C(=O)N(CCO)CCO)C(=O)N(CCO)CCO)cc1. The number of amides is 2. The van der Waals surface area contributed by atoms with E-state index in [1.165, 1.54) is 9.80 Å². The largest absolute Gasteiger partial charge is 0.395 e. The van der Waals surface area contributed by atoms with Gasteiger partial charge < -0.3 is 35.3 Å². The highest BCUT2D eigenvalue weighted by molar-refractivity contribution is 6.02. The average molecular weight is 511 g/mol. The second-order valence-electron chi connectivity index (χ2n) is 8.82. The lowest BCUT2D eigenvalue weighted by Crippen LogP contribution is -2.49. The Balaban J connectivity index is 3.25. The molecule has 5 N–H and O–H groups in total. The van der Waals surface area contributed by atoms with Gasteiger partial charge in [0.25, 0.3) is 0 Å². The number of Topliss-reactive ketones (excluding diaryl/α,β-unsaturated/α-hetero) is 1. The van der Waals surface area contributed by atoms with Crippen molar-refractivity contribution in [1.82, 2.24) is 9.80 Å². The molecule has 0 aliphatic heterocycles. The lowest BCUT2D eigenvalue weighted by atomic mass is 9.85. The van der Waals surface area contributed by atoms with E-state index in [4.69, 9.17) is 0 Å². The topological polar surface area (TPSA) is 159 Å². The van der Waals surface area contributed by atoms with Crippen LogP contribution in [0.1, 0.15) is 55.5 Å². The molecule has 1 aromatic carbocycles. The molecule has 0 aromatic heterocycles. The number of hydrogen-bond donors (Lipinski definition) is 5. The number of unbranched alkanes of at least 4 members (excludes halogenated alkanes) is 1. The zero-order valence-electron chi connectivity index (χ0n) is 21.4. The third-order valence-corrected chi connectivity index (χ3v) is 6.31. The van der Waals surface area contributed by atoms with E-state index in [9.17, 15) is 39.9 Å². The number of hydrogen-bond acceptors (Lipinski definition) is 8. The van der Waals surface area contributed by atoms with E-state index in [0.717, 1.165) is 12.8 Å². The van der Waals surface area contributed by atoms with Crippen LogP contribution >= 0.6 is 0 Å². The molecular weight excluding hydrogens is 468 g/mol. The second kappa shape index (κ2) is 16.4. The highest BCUT2D eigenvalue weighted by Crippen LogP contribution is 2.25. The fourth-order valence-corrected chi connectivity index (χ4v) is 4.08. The normalized spacial score (nSPS) is 12.9. The first-order valence-electron chi connectivity index (χ1n) is 12.6. The minimum absolute atomic E-state index is 0.0271. The third-order valence-electron chi connectivity index (χ3n) is 6.31. The molecule has 1 rings (SSSR count). The van der Waals surface area contributed by atoms with Gasteiger partial charge in [-0.1, -0.05) is 51.0 Å². The molecule has 2 amide bonds. The summed E-state index contributed by atoms with van der Waals surface area (Å²) in [5, 5.41) is 48.2. The summed E-state index contributed by atoms with van der Waals surface area (Å²) in [5.41, 5.74) is -0.526. The van der Waals surface area contributed by atoms with E-state index < -0.39 is 23.3 Å². The number of carbonyl (C=O) groups excluding carboxylic acids is 3. The summed E-state index contributed by atoms with van der Waals surface area (Å²) >= 11 is 0. The van der Waals surface area contributed by atoms with E-state index in [0.29, 0.717) is 17.5 Å². The van der Waals surface area contributed by atoms with Gasteiger partial charge in [-0.05, 0) is 24.8 Å². The molecule has 1 aromatic rings. The van der Waals surface area contributed by atoms with Crippen molar-refractivity contribution in [2.45, 2.75) is 51.6 Å². The lowest BCUT2D eigenvalue weighted by molar-refractivity contribution is -0.148. The van der Waals surface area contributed by atoms with Gasteiger partial charge in [0.05, 0.1) is 26.4 Å². The predicted octanol–water partition coefficient (Wildman–Crippen LogP) is -0.0143. The molecule has 10 nitrogen and oxygen atoms in total. The second-order valence-corrected chi connectivity index (χ2v) is 8.82. The van der Waals surface area contributed by atoms with Gasteiger partial charge >= 0.3 is 0 Å². The van der Waals surface area contributed by atoms with Crippen LogP contribution < -0.4 is 0 Å². The van der Waals surface area contributed by atoms with Crippen LogP contribution in [-0.2, 0) is 16.0 Å². The zero-order valence-corrected chi connectivity index (χ0v) is 21.4. The maximum Gasteiger partial charge on any atom is 0.235 e. The number of rotatable bonds is 18. The number of ketones is 1. The average Bonchev–Trinajstić information content (AvgIpc) is 2.89. The Labute approximate surface area is 213 Å². The summed E-state index contributed by atoms with van der Waals surface area (Å²) in [7, 11) is 0. The first-order valence-corrected chi connectivity index (χ1v) is 12.6. The van der Waals surface area contributed by atoms with Crippen molar-refractivity contribution in [2.24, 2.45) is 5.92 Å². The molecule has 0 aliphatic carbocycles. The van der Waals surface area contributed by atoms with Gasteiger partial charge in [0.1, 0.15) is 11.5 Å². The van der Waals surface area contributed by atoms with Crippen molar-refractivity contribution >= 4 is 17.6 Å². The fraction of sp³-hybridized carbons (Fsp3) is 0.654. The molecule has 1 unspecified atom stereocenters. The highest BCUT2D eigenvalue weighted by atomic mass is 16.3. The van der Waals surface area contributed by atoms with Gasteiger partial charge in [-0.25, -0.2) is 0 Å². The molecule has 0 heterocycles. The number of benzene rings is 1. The summed E-state index contributed by atoms with van der Waals surface area (Å²) in [6.45, 7) is 2.09. The molecule has 0 aliphatic rings. The Morgan fingerprint density at radius 1 is 0.806 bits per heavy atom. The maximum absolute atomic E-state index is 13.3. The number of nitrogens with zero attached hydrogens (tertiary/aromatic N) is 2. The summed E-state index contributed by atoms with van der Waals surface area (Å²) in [6.07, 6.45) is 2.20. The van der Waals surface area contributed by atoms with Crippen LogP contribution in [0.4, 0.5) is 0 Å². The van der Waals surface area contributed by atoms with Crippen molar-refractivity contribution in [3.63, 3.8) is 0 Å². The minimum Gasteiger partial charge on any atom is -0.395 e. The molecule has 0 saturated heterocycles. The Morgan fingerprint density at radius 2 is 1.25 bits per heavy atom.